The zero-order valence-corrected chi connectivity index (χ0v) is 11.9. The summed E-state index contributed by atoms with van der Waals surface area (Å²) in [6.07, 6.45) is 1.29. The third-order valence-electron chi connectivity index (χ3n) is 3.56. The van der Waals surface area contributed by atoms with Crippen molar-refractivity contribution in [2.75, 3.05) is 0 Å². The monoisotopic (exact) mass is 307 g/mol. The fourth-order valence-electron chi connectivity index (χ4n) is 2.57. The van der Waals surface area contributed by atoms with Crippen molar-refractivity contribution in [1.29, 1.82) is 0 Å². The molecule has 2 aromatic rings. The maximum atomic E-state index is 11.1. The standard InChI is InChI=1S/C15H11Cl2NO2/c16-8-1-2-11(12(17)7-8)14-5-3-9-10(15(19)20)4-6-13(9)18-14/h1-3,5,7,10H,4,6H2,(H,19,20). The molecule has 1 atom stereocenters. The average molecular weight is 308 g/mol. The summed E-state index contributed by atoms with van der Waals surface area (Å²) in [5.41, 5.74) is 3.21. The average Bonchev–Trinajstić information content (AvgIpc) is 2.81. The van der Waals surface area contributed by atoms with Crippen LogP contribution in [-0.4, -0.2) is 16.1 Å². The summed E-state index contributed by atoms with van der Waals surface area (Å²) in [5.74, 6) is -1.23. The summed E-state index contributed by atoms with van der Waals surface area (Å²) in [4.78, 5) is 15.7. The molecule has 3 nitrogen and oxygen atoms in total. The lowest BCUT2D eigenvalue weighted by Crippen LogP contribution is -2.07. The fourth-order valence-corrected chi connectivity index (χ4v) is 3.08. The molecular weight excluding hydrogens is 297 g/mol. The van der Waals surface area contributed by atoms with Crippen LogP contribution in [0.2, 0.25) is 10.0 Å². The number of rotatable bonds is 2. The molecule has 1 aliphatic carbocycles. The second kappa shape index (κ2) is 5.08. The van der Waals surface area contributed by atoms with Crippen LogP contribution < -0.4 is 0 Å². The van der Waals surface area contributed by atoms with Gasteiger partial charge >= 0.3 is 5.97 Å². The van der Waals surface area contributed by atoms with Gasteiger partial charge in [-0.3, -0.25) is 9.78 Å². The Morgan fingerprint density at radius 2 is 2.05 bits per heavy atom. The van der Waals surface area contributed by atoms with Crippen LogP contribution in [0.25, 0.3) is 11.3 Å². The number of pyridine rings is 1. The van der Waals surface area contributed by atoms with E-state index in [-0.39, 0.29) is 0 Å². The second-order valence-electron chi connectivity index (χ2n) is 4.79. The van der Waals surface area contributed by atoms with Gasteiger partial charge in [0.15, 0.2) is 0 Å². The molecule has 20 heavy (non-hydrogen) atoms. The van der Waals surface area contributed by atoms with Gasteiger partial charge in [-0.05, 0) is 42.7 Å². The third-order valence-corrected chi connectivity index (χ3v) is 4.11. The van der Waals surface area contributed by atoms with Crippen LogP contribution in [-0.2, 0) is 11.2 Å². The normalized spacial score (nSPS) is 17.0. The van der Waals surface area contributed by atoms with E-state index in [9.17, 15) is 4.79 Å². The number of carbonyl (C=O) groups is 1. The van der Waals surface area contributed by atoms with E-state index in [1.54, 1.807) is 12.1 Å². The lowest BCUT2D eigenvalue weighted by atomic mass is 10.0. The van der Waals surface area contributed by atoms with Gasteiger partial charge in [0.05, 0.1) is 16.6 Å². The van der Waals surface area contributed by atoms with E-state index in [2.05, 4.69) is 4.98 Å². The minimum absolute atomic E-state index is 0.438. The maximum absolute atomic E-state index is 11.1. The van der Waals surface area contributed by atoms with Crippen LogP contribution in [0.4, 0.5) is 0 Å². The van der Waals surface area contributed by atoms with E-state index in [0.29, 0.717) is 22.9 Å². The number of benzene rings is 1. The molecule has 5 heteroatoms. The summed E-state index contributed by atoms with van der Waals surface area (Å²) < 4.78 is 0. The Bertz CT molecular complexity index is 700. The Balaban J connectivity index is 2.04. The number of hydrogen-bond donors (Lipinski definition) is 1. The highest BCUT2D eigenvalue weighted by Gasteiger charge is 2.29. The first kappa shape index (κ1) is 13.4. The zero-order chi connectivity index (χ0) is 14.3. The van der Waals surface area contributed by atoms with Gasteiger partial charge in [-0.25, -0.2) is 0 Å². The van der Waals surface area contributed by atoms with E-state index in [0.717, 1.165) is 22.5 Å². The van der Waals surface area contributed by atoms with Crippen LogP contribution in [0.5, 0.6) is 0 Å². The lowest BCUT2D eigenvalue weighted by Gasteiger charge is -2.08. The van der Waals surface area contributed by atoms with Gasteiger partial charge in [-0.1, -0.05) is 29.3 Å². The minimum atomic E-state index is -0.789. The molecule has 0 bridgehead atoms. The van der Waals surface area contributed by atoms with Gasteiger partial charge in [0.25, 0.3) is 0 Å². The van der Waals surface area contributed by atoms with Crippen LogP contribution in [0.15, 0.2) is 30.3 Å². The van der Waals surface area contributed by atoms with Gasteiger partial charge in [0, 0.05) is 16.3 Å². The molecule has 0 aliphatic heterocycles. The molecular formula is C15H11Cl2NO2. The molecule has 1 aromatic heterocycles. The Morgan fingerprint density at radius 3 is 2.75 bits per heavy atom. The van der Waals surface area contributed by atoms with Crippen LogP contribution >= 0.6 is 23.2 Å². The van der Waals surface area contributed by atoms with E-state index >= 15 is 0 Å². The van der Waals surface area contributed by atoms with Gasteiger partial charge in [0.2, 0.25) is 0 Å². The summed E-state index contributed by atoms with van der Waals surface area (Å²) in [7, 11) is 0. The van der Waals surface area contributed by atoms with Crippen molar-refractivity contribution >= 4 is 29.2 Å². The number of hydrogen-bond acceptors (Lipinski definition) is 2. The quantitative estimate of drug-likeness (QED) is 0.906. The second-order valence-corrected chi connectivity index (χ2v) is 5.63. The number of nitrogens with zero attached hydrogens (tertiary/aromatic N) is 1. The number of carboxylic acids is 1. The lowest BCUT2D eigenvalue weighted by molar-refractivity contribution is -0.138. The van der Waals surface area contributed by atoms with Crippen molar-refractivity contribution < 1.29 is 9.90 Å². The van der Waals surface area contributed by atoms with Gasteiger partial charge in [0.1, 0.15) is 0 Å². The molecule has 0 spiro atoms. The number of fused-ring (bicyclic) bond motifs is 1. The zero-order valence-electron chi connectivity index (χ0n) is 10.4. The molecule has 102 valence electrons. The van der Waals surface area contributed by atoms with Crippen molar-refractivity contribution in [3.05, 3.63) is 51.6 Å². The molecule has 1 heterocycles. The Kier molecular flexibility index (Phi) is 3.40. The molecule has 1 aliphatic rings. The molecule has 0 saturated carbocycles. The van der Waals surface area contributed by atoms with E-state index in [1.807, 2.05) is 18.2 Å². The molecule has 3 rings (SSSR count). The summed E-state index contributed by atoms with van der Waals surface area (Å²) in [6.45, 7) is 0. The summed E-state index contributed by atoms with van der Waals surface area (Å²) in [6, 6.07) is 8.91. The van der Waals surface area contributed by atoms with Gasteiger partial charge < -0.3 is 5.11 Å². The fraction of sp³-hybridized carbons (Fsp3) is 0.200. The molecule has 0 amide bonds. The Labute approximate surface area is 126 Å². The molecule has 0 saturated heterocycles. The molecule has 1 aromatic carbocycles. The van der Waals surface area contributed by atoms with Gasteiger partial charge in [-0.2, -0.15) is 0 Å². The van der Waals surface area contributed by atoms with Crippen LogP contribution in [0.3, 0.4) is 0 Å². The van der Waals surface area contributed by atoms with Crippen molar-refractivity contribution in [3.8, 4) is 11.3 Å². The van der Waals surface area contributed by atoms with Gasteiger partial charge in [-0.15, -0.1) is 0 Å². The predicted molar refractivity (Wildman–Crippen MR) is 78.4 cm³/mol. The smallest absolute Gasteiger partial charge is 0.311 e. The highest BCUT2D eigenvalue weighted by Crippen LogP contribution is 2.35. The number of aromatic nitrogens is 1. The van der Waals surface area contributed by atoms with Crippen LogP contribution in [0, 0.1) is 0 Å². The molecule has 0 fully saturated rings. The highest BCUT2D eigenvalue weighted by atomic mass is 35.5. The largest absolute Gasteiger partial charge is 0.481 e. The van der Waals surface area contributed by atoms with Crippen molar-refractivity contribution in [1.82, 2.24) is 4.98 Å². The molecule has 0 radical (unpaired) electrons. The van der Waals surface area contributed by atoms with Crippen molar-refractivity contribution in [2.45, 2.75) is 18.8 Å². The van der Waals surface area contributed by atoms with Crippen molar-refractivity contribution in [2.24, 2.45) is 0 Å². The number of carboxylic acid groups (broad SMARTS) is 1. The van der Waals surface area contributed by atoms with Crippen LogP contribution in [0.1, 0.15) is 23.6 Å². The predicted octanol–water partition coefficient (Wildman–Crippen LogP) is 4.17. The molecule has 1 N–H and O–H groups in total. The summed E-state index contributed by atoms with van der Waals surface area (Å²) in [5, 5.41) is 10.3. The first-order valence-electron chi connectivity index (χ1n) is 6.24. The summed E-state index contributed by atoms with van der Waals surface area (Å²) >= 11 is 12.1. The molecule has 1 unspecified atom stereocenters. The number of aliphatic carboxylic acids is 1. The number of halogens is 2. The van der Waals surface area contributed by atoms with E-state index in [1.165, 1.54) is 0 Å². The van der Waals surface area contributed by atoms with E-state index in [4.69, 9.17) is 28.3 Å². The maximum Gasteiger partial charge on any atom is 0.311 e. The first-order valence-corrected chi connectivity index (χ1v) is 7.00. The topological polar surface area (TPSA) is 50.2 Å². The third kappa shape index (κ3) is 2.28. The first-order chi connectivity index (χ1) is 9.56. The van der Waals surface area contributed by atoms with Crippen molar-refractivity contribution in [3.63, 3.8) is 0 Å². The minimum Gasteiger partial charge on any atom is -0.481 e. The Hall–Kier alpha value is -1.58. The SMILES string of the molecule is O=C(O)C1CCc2nc(-c3ccc(Cl)cc3Cl)ccc21. The van der Waals surface area contributed by atoms with E-state index < -0.39 is 11.9 Å². The Morgan fingerprint density at radius 1 is 1.25 bits per heavy atom. The highest BCUT2D eigenvalue weighted by molar-refractivity contribution is 6.36. The number of aryl methyl sites for hydroxylation is 1.